The molecule has 0 saturated heterocycles. The minimum absolute atomic E-state index is 0.246. The van der Waals surface area contributed by atoms with Gasteiger partial charge in [0.25, 0.3) is 5.91 Å². The summed E-state index contributed by atoms with van der Waals surface area (Å²) in [6.07, 6.45) is 3.37. The van der Waals surface area contributed by atoms with Gasteiger partial charge in [0.1, 0.15) is 5.49 Å². The zero-order chi connectivity index (χ0) is 8.55. The molecule has 0 radical (unpaired) electrons. The first kappa shape index (κ1) is 6.90. The quantitative estimate of drug-likeness (QED) is 0.485. The zero-order valence-corrected chi connectivity index (χ0v) is 6.07. The highest BCUT2D eigenvalue weighted by atomic mass is 16.1. The molecule has 5 nitrogen and oxygen atoms in total. The maximum Gasteiger partial charge on any atom is 0.346 e. The molecule has 0 spiro atoms. The van der Waals surface area contributed by atoms with Gasteiger partial charge in [-0.25, -0.2) is 9.78 Å². The van der Waals surface area contributed by atoms with E-state index in [4.69, 9.17) is 0 Å². The molecular weight excluding hydrogens is 158 g/mol. The average Bonchev–Trinajstić information content (AvgIpc) is 2.03. The Kier molecular flexibility index (Phi) is 1.36. The number of hydrogen-bond acceptors (Lipinski definition) is 3. The Morgan fingerprint density at radius 3 is 3.08 bits per heavy atom. The second-order valence-electron chi connectivity index (χ2n) is 2.41. The predicted octanol–water partition coefficient (Wildman–Crippen LogP) is -1.90. The first-order valence-electron chi connectivity index (χ1n) is 3.43. The maximum atomic E-state index is 10.8. The summed E-state index contributed by atoms with van der Waals surface area (Å²) in [5, 5.41) is 0.703. The monoisotopic (exact) mass is 163 g/mol. The van der Waals surface area contributed by atoms with Crippen LogP contribution in [-0.2, 0) is 4.79 Å². The number of amides is 1. The van der Waals surface area contributed by atoms with Crippen LogP contribution in [-0.4, -0.2) is 15.9 Å². The lowest BCUT2D eigenvalue weighted by Crippen LogP contribution is -2.38. The Morgan fingerprint density at radius 2 is 2.25 bits per heavy atom. The fraction of sp³-hybridized carbons (Fsp3) is 0.143. The number of rotatable bonds is 0. The largest absolute Gasteiger partial charge is 0.346 e. The highest BCUT2D eigenvalue weighted by molar-refractivity contribution is 5.82. The summed E-state index contributed by atoms with van der Waals surface area (Å²) in [5.41, 5.74) is -0.174. The number of fused-ring (bicyclic) bond motifs is 1. The molecule has 1 N–H and O–H groups in total. The van der Waals surface area contributed by atoms with E-state index in [1.54, 1.807) is 6.08 Å². The maximum absolute atomic E-state index is 10.8. The molecule has 0 atom stereocenters. The van der Waals surface area contributed by atoms with Gasteiger partial charge in [-0.05, 0) is 0 Å². The first-order valence-corrected chi connectivity index (χ1v) is 3.43. The summed E-state index contributed by atoms with van der Waals surface area (Å²) in [4.78, 5) is 31.0. The second kappa shape index (κ2) is 2.37. The molecule has 1 aromatic rings. The van der Waals surface area contributed by atoms with E-state index >= 15 is 0 Å². The van der Waals surface area contributed by atoms with Crippen molar-refractivity contribution >= 4 is 12.0 Å². The van der Waals surface area contributed by atoms with Crippen LogP contribution in [0.5, 0.6) is 0 Å². The summed E-state index contributed by atoms with van der Waals surface area (Å²) in [7, 11) is 0. The van der Waals surface area contributed by atoms with Crippen LogP contribution in [0.4, 0.5) is 0 Å². The van der Waals surface area contributed by atoms with Crippen molar-refractivity contribution in [1.82, 2.24) is 9.97 Å². The normalized spacial score (nSPS) is 14.5. The Hall–Kier alpha value is -1.78. The van der Waals surface area contributed by atoms with E-state index in [1.165, 1.54) is 6.20 Å². The molecule has 12 heavy (non-hydrogen) atoms. The summed E-state index contributed by atoms with van der Waals surface area (Å²) < 4.78 is 0. The zero-order valence-electron chi connectivity index (χ0n) is 6.07. The molecule has 0 bridgehead atoms. The molecule has 1 aromatic heterocycles. The third-order valence-electron chi connectivity index (χ3n) is 1.55. The predicted molar refractivity (Wildman–Crippen MR) is 39.7 cm³/mol. The number of aromatic nitrogens is 2. The van der Waals surface area contributed by atoms with E-state index in [2.05, 4.69) is 15.0 Å². The second-order valence-corrected chi connectivity index (χ2v) is 2.41. The van der Waals surface area contributed by atoms with Gasteiger partial charge in [-0.1, -0.05) is 6.08 Å². The highest BCUT2D eigenvalue weighted by Gasteiger charge is 2.02. The number of hydrogen-bond donors (Lipinski definition) is 1. The van der Waals surface area contributed by atoms with Crippen LogP contribution in [0.25, 0.3) is 6.08 Å². The summed E-state index contributed by atoms with van der Waals surface area (Å²) in [6, 6.07) is 0. The molecular formula is C7H5N3O2. The summed E-state index contributed by atoms with van der Waals surface area (Å²) >= 11 is 0. The van der Waals surface area contributed by atoms with Crippen LogP contribution in [0.3, 0.4) is 0 Å². The van der Waals surface area contributed by atoms with Crippen LogP contribution >= 0.6 is 0 Å². The Balaban J connectivity index is 2.90. The number of aromatic amines is 1. The van der Waals surface area contributed by atoms with Crippen molar-refractivity contribution in [2.45, 2.75) is 6.42 Å². The highest BCUT2D eigenvalue weighted by Crippen LogP contribution is 1.86. The molecule has 1 amide bonds. The Morgan fingerprint density at radius 1 is 1.42 bits per heavy atom. The molecule has 2 heterocycles. The average molecular weight is 163 g/mol. The van der Waals surface area contributed by atoms with Gasteiger partial charge in [-0.15, -0.1) is 0 Å². The molecule has 1 aliphatic heterocycles. The van der Waals surface area contributed by atoms with E-state index < -0.39 is 5.69 Å². The van der Waals surface area contributed by atoms with E-state index in [1.807, 2.05) is 0 Å². The molecule has 1 aliphatic rings. The molecule has 5 heteroatoms. The number of carbonyl (C=O) groups excluding carboxylic acids is 1. The van der Waals surface area contributed by atoms with E-state index in [-0.39, 0.29) is 12.3 Å². The van der Waals surface area contributed by atoms with Gasteiger partial charge in [-0.3, -0.25) is 9.78 Å². The third-order valence-corrected chi connectivity index (χ3v) is 1.55. The lowest BCUT2D eigenvalue weighted by Gasteiger charge is -1.95. The lowest BCUT2D eigenvalue weighted by atomic mass is 10.3. The molecule has 0 unspecified atom stereocenters. The minimum Gasteiger partial charge on any atom is -0.290 e. The smallest absolute Gasteiger partial charge is 0.290 e. The fourth-order valence-corrected chi connectivity index (χ4v) is 1.00. The van der Waals surface area contributed by atoms with Gasteiger partial charge in [0.2, 0.25) is 0 Å². The number of H-pyrrole nitrogens is 1. The Bertz CT molecular complexity index is 500. The molecule has 0 saturated carbocycles. The van der Waals surface area contributed by atoms with Gasteiger partial charge in [-0.2, -0.15) is 4.99 Å². The number of nitrogens with zero attached hydrogens (tertiary/aromatic N) is 2. The Labute approximate surface area is 66.5 Å². The summed E-state index contributed by atoms with van der Waals surface area (Å²) in [5.74, 6) is -0.246. The molecule has 60 valence electrons. The fourth-order valence-electron chi connectivity index (χ4n) is 1.00. The molecule has 0 aliphatic carbocycles. The minimum atomic E-state index is -0.486. The SMILES string of the molecule is O=C1CC=c2cnc(=O)[nH]c2=N1. The van der Waals surface area contributed by atoms with Gasteiger partial charge >= 0.3 is 5.69 Å². The van der Waals surface area contributed by atoms with Gasteiger partial charge < -0.3 is 0 Å². The van der Waals surface area contributed by atoms with E-state index in [0.29, 0.717) is 10.7 Å². The lowest BCUT2D eigenvalue weighted by molar-refractivity contribution is -0.117. The number of nitrogens with one attached hydrogen (secondary N) is 1. The van der Waals surface area contributed by atoms with E-state index in [9.17, 15) is 9.59 Å². The van der Waals surface area contributed by atoms with Crippen LogP contribution in [0.1, 0.15) is 6.42 Å². The van der Waals surface area contributed by atoms with Crippen molar-refractivity contribution in [1.29, 1.82) is 0 Å². The van der Waals surface area contributed by atoms with Gasteiger partial charge in [0.15, 0.2) is 0 Å². The van der Waals surface area contributed by atoms with Crippen LogP contribution in [0.15, 0.2) is 16.0 Å². The molecule has 0 fully saturated rings. The standard InChI is InChI=1S/C7H5N3O2/c11-5-2-1-4-3-8-7(12)10-6(4)9-5/h1,3H,2H2,(H,9,10,11,12). The van der Waals surface area contributed by atoms with Crippen LogP contribution in [0.2, 0.25) is 0 Å². The molecule has 0 aromatic carbocycles. The van der Waals surface area contributed by atoms with Crippen molar-refractivity contribution < 1.29 is 4.79 Å². The van der Waals surface area contributed by atoms with Gasteiger partial charge in [0.05, 0.1) is 0 Å². The molecule has 2 rings (SSSR count). The third kappa shape index (κ3) is 1.05. The number of carbonyl (C=O) groups is 1. The van der Waals surface area contributed by atoms with Crippen molar-refractivity contribution in [3.8, 4) is 0 Å². The van der Waals surface area contributed by atoms with Crippen LogP contribution in [0, 0.1) is 0 Å². The first-order chi connectivity index (χ1) is 5.75. The van der Waals surface area contributed by atoms with Crippen molar-refractivity contribution in [3.05, 3.63) is 27.4 Å². The summed E-state index contributed by atoms with van der Waals surface area (Å²) in [6.45, 7) is 0. The van der Waals surface area contributed by atoms with Crippen LogP contribution < -0.4 is 16.4 Å². The van der Waals surface area contributed by atoms with Gasteiger partial charge in [0, 0.05) is 17.8 Å². The van der Waals surface area contributed by atoms with Crippen molar-refractivity contribution in [2.75, 3.05) is 0 Å². The topological polar surface area (TPSA) is 75.2 Å². The van der Waals surface area contributed by atoms with Crippen molar-refractivity contribution in [2.24, 2.45) is 4.99 Å². The van der Waals surface area contributed by atoms with Crippen molar-refractivity contribution in [3.63, 3.8) is 0 Å². The van der Waals surface area contributed by atoms with E-state index in [0.717, 1.165) is 0 Å².